The van der Waals surface area contributed by atoms with Crippen LogP contribution >= 0.6 is 0 Å². The first-order chi connectivity index (χ1) is 21.3. The van der Waals surface area contributed by atoms with E-state index in [1.165, 1.54) is 59.6 Å². The van der Waals surface area contributed by atoms with Gasteiger partial charge in [0.1, 0.15) is 11.5 Å². The number of hydrogen-bond acceptors (Lipinski definition) is 1. The highest BCUT2D eigenvalue weighted by Crippen LogP contribution is 2.47. The SMILES string of the molecule is c1ccc2cc(Oc3c4cc5ccccc5cc4c(-c4ccc5ccccc5c4)c4cc5ccccc5cc34)ccc2c1. The molecule has 0 heterocycles. The lowest BCUT2D eigenvalue weighted by Crippen LogP contribution is -1.93. The van der Waals surface area contributed by atoms with E-state index >= 15 is 0 Å². The third-order valence-corrected chi connectivity index (χ3v) is 8.78. The van der Waals surface area contributed by atoms with Gasteiger partial charge in [-0.05, 0) is 107 Å². The monoisotopic (exact) mass is 546 g/mol. The van der Waals surface area contributed by atoms with Gasteiger partial charge in [-0.2, -0.15) is 0 Å². The van der Waals surface area contributed by atoms with Gasteiger partial charge in [0.2, 0.25) is 0 Å². The molecule has 0 aliphatic rings. The maximum atomic E-state index is 6.97. The minimum Gasteiger partial charge on any atom is -0.456 e. The number of rotatable bonds is 3. The molecule has 0 bridgehead atoms. The van der Waals surface area contributed by atoms with Gasteiger partial charge >= 0.3 is 0 Å². The van der Waals surface area contributed by atoms with Crippen LogP contribution in [0.4, 0.5) is 0 Å². The molecule has 0 amide bonds. The molecule has 0 saturated carbocycles. The highest BCUT2D eigenvalue weighted by atomic mass is 16.5. The van der Waals surface area contributed by atoms with Gasteiger partial charge in [-0.1, -0.05) is 115 Å². The second kappa shape index (κ2) is 9.44. The highest BCUT2D eigenvalue weighted by Gasteiger charge is 2.19. The van der Waals surface area contributed by atoms with Gasteiger partial charge in [0.25, 0.3) is 0 Å². The van der Waals surface area contributed by atoms with Gasteiger partial charge in [0, 0.05) is 10.8 Å². The maximum Gasteiger partial charge on any atom is 0.143 e. The van der Waals surface area contributed by atoms with Crippen molar-refractivity contribution in [3.63, 3.8) is 0 Å². The molecular formula is C42H26O. The number of fused-ring (bicyclic) bond motifs is 6. The predicted octanol–water partition coefficient (Wildman–Crippen LogP) is 12.1. The Bertz CT molecular complexity index is 2440. The lowest BCUT2D eigenvalue weighted by atomic mass is 9.88. The molecule has 43 heavy (non-hydrogen) atoms. The fraction of sp³-hybridized carbons (Fsp3) is 0. The van der Waals surface area contributed by atoms with Crippen LogP contribution < -0.4 is 4.74 Å². The van der Waals surface area contributed by atoms with E-state index in [4.69, 9.17) is 4.74 Å². The zero-order chi connectivity index (χ0) is 28.3. The van der Waals surface area contributed by atoms with Gasteiger partial charge in [-0.25, -0.2) is 0 Å². The van der Waals surface area contributed by atoms with E-state index in [0.29, 0.717) is 0 Å². The van der Waals surface area contributed by atoms with E-state index in [9.17, 15) is 0 Å². The van der Waals surface area contributed by atoms with Crippen molar-refractivity contribution in [3.05, 3.63) is 158 Å². The molecule has 0 aliphatic carbocycles. The summed E-state index contributed by atoms with van der Waals surface area (Å²) in [6.45, 7) is 0. The lowest BCUT2D eigenvalue weighted by molar-refractivity contribution is 0.494. The molecular weight excluding hydrogens is 520 g/mol. The summed E-state index contributed by atoms with van der Waals surface area (Å²) in [6.07, 6.45) is 0. The number of hydrogen-bond donors (Lipinski definition) is 0. The second-order valence-electron chi connectivity index (χ2n) is 11.4. The van der Waals surface area contributed by atoms with Crippen LogP contribution in [-0.4, -0.2) is 0 Å². The Morgan fingerprint density at radius 2 is 0.698 bits per heavy atom. The van der Waals surface area contributed by atoms with E-state index in [1.54, 1.807) is 0 Å². The minimum absolute atomic E-state index is 0.834. The normalized spacial score (nSPS) is 11.7. The Hall–Kier alpha value is -5.66. The van der Waals surface area contributed by atoms with E-state index in [2.05, 4.69) is 158 Å². The predicted molar refractivity (Wildman–Crippen MR) is 183 cm³/mol. The number of benzene rings is 9. The average Bonchev–Trinajstić information content (AvgIpc) is 3.06. The number of ether oxygens (including phenoxy) is 1. The Kier molecular flexibility index (Phi) is 5.27. The van der Waals surface area contributed by atoms with Gasteiger partial charge in [-0.3, -0.25) is 0 Å². The Balaban J connectivity index is 1.43. The second-order valence-corrected chi connectivity index (χ2v) is 11.4. The Morgan fingerprint density at radius 3 is 1.21 bits per heavy atom. The van der Waals surface area contributed by atoms with Crippen molar-refractivity contribution in [1.82, 2.24) is 0 Å². The van der Waals surface area contributed by atoms with Crippen LogP contribution in [0.1, 0.15) is 0 Å². The summed E-state index contributed by atoms with van der Waals surface area (Å²) >= 11 is 0. The molecule has 0 unspecified atom stereocenters. The van der Waals surface area contributed by atoms with Crippen molar-refractivity contribution in [3.8, 4) is 22.6 Å². The van der Waals surface area contributed by atoms with Gasteiger partial charge in [-0.15, -0.1) is 0 Å². The summed E-state index contributed by atoms with van der Waals surface area (Å²) in [6, 6.07) is 56.8. The molecule has 1 heteroatoms. The van der Waals surface area contributed by atoms with Crippen molar-refractivity contribution in [2.45, 2.75) is 0 Å². The van der Waals surface area contributed by atoms with Crippen molar-refractivity contribution in [2.24, 2.45) is 0 Å². The smallest absolute Gasteiger partial charge is 0.143 e. The van der Waals surface area contributed by atoms with Crippen molar-refractivity contribution >= 4 is 64.6 Å². The summed E-state index contributed by atoms with van der Waals surface area (Å²) in [7, 11) is 0. The fourth-order valence-electron chi connectivity index (χ4n) is 6.67. The third-order valence-electron chi connectivity index (χ3n) is 8.78. The van der Waals surface area contributed by atoms with Crippen LogP contribution in [-0.2, 0) is 0 Å². The zero-order valence-corrected chi connectivity index (χ0v) is 23.4. The van der Waals surface area contributed by atoms with Crippen LogP contribution in [0.25, 0.3) is 75.8 Å². The van der Waals surface area contributed by atoms with Crippen LogP contribution in [0.2, 0.25) is 0 Å². The topological polar surface area (TPSA) is 9.23 Å². The van der Waals surface area contributed by atoms with Crippen LogP contribution in [0, 0.1) is 0 Å². The summed E-state index contributed by atoms with van der Waals surface area (Å²) in [4.78, 5) is 0. The van der Waals surface area contributed by atoms with E-state index < -0.39 is 0 Å². The maximum absolute atomic E-state index is 6.97. The molecule has 0 spiro atoms. The largest absolute Gasteiger partial charge is 0.456 e. The molecule has 0 fully saturated rings. The van der Waals surface area contributed by atoms with E-state index in [-0.39, 0.29) is 0 Å². The minimum atomic E-state index is 0.834. The molecule has 1 nitrogen and oxygen atoms in total. The van der Waals surface area contributed by atoms with Gasteiger partial charge in [0.15, 0.2) is 0 Å². The first-order valence-electron chi connectivity index (χ1n) is 14.8. The Labute approximate surface area is 249 Å². The summed E-state index contributed by atoms with van der Waals surface area (Å²) in [5.41, 5.74) is 2.44. The standard InChI is InChI=1S/C42H26O/c1-3-11-29-21-35(18-17-27(29)9-1)41-37-23-31-13-5-7-15-33(31)25-39(37)42(40-26-34-16-8-6-14-32(34)24-38(40)41)43-36-20-19-28-10-2-4-12-30(28)22-36/h1-26H. The Morgan fingerprint density at radius 1 is 0.302 bits per heavy atom. The summed E-state index contributed by atoms with van der Waals surface area (Å²) in [5.74, 6) is 1.72. The first-order valence-corrected chi connectivity index (χ1v) is 14.8. The van der Waals surface area contributed by atoms with Gasteiger partial charge in [0.05, 0.1) is 0 Å². The molecule has 9 aromatic rings. The quantitative estimate of drug-likeness (QED) is 0.200. The molecule has 0 radical (unpaired) electrons. The zero-order valence-electron chi connectivity index (χ0n) is 23.4. The molecule has 0 aliphatic heterocycles. The van der Waals surface area contributed by atoms with E-state index in [0.717, 1.165) is 27.7 Å². The van der Waals surface area contributed by atoms with Crippen molar-refractivity contribution in [2.75, 3.05) is 0 Å². The average molecular weight is 547 g/mol. The lowest BCUT2D eigenvalue weighted by Gasteiger charge is -2.20. The summed E-state index contributed by atoms with van der Waals surface area (Å²) < 4.78 is 6.97. The third kappa shape index (κ3) is 3.94. The molecule has 200 valence electrons. The van der Waals surface area contributed by atoms with E-state index in [1.807, 2.05) is 0 Å². The van der Waals surface area contributed by atoms with Crippen LogP contribution in [0.15, 0.2) is 158 Å². The van der Waals surface area contributed by atoms with Crippen molar-refractivity contribution < 1.29 is 4.74 Å². The molecule has 0 atom stereocenters. The van der Waals surface area contributed by atoms with Crippen LogP contribution in [0.3, 0.4) is 0 Å². The van der Waals surface area contributed by atoms with Crippen molar-refractivity contribution in [1.29, 1.82) is 0 Å². The molecule has 0 aromatic heterocycles. The molecule has 0 N–H and O–H groups in total. The highest BCUT2D eigenvalue weighted by molar-refractivity contribution is 6.22. The van der Waals surface area contributed by atoms with Crippen LogP contribution in [0.5, 0.6) is 11.5 Å². The molecule has 9 rings (SSSR count). The molecule has 9 aromatic carbocycles. The molecule has 0 saturated heterocycles. The fourth-order valence-corrected chi connectivity index (χ4v) is 6.67. The summed E-state index contributed by atoms with van der Waals surface area (Å²) in [5, 5.41) is 14.3. The first kappa shape index (κ1) is 24.0. The van der Waals surface area contributed by atoms with Gasteiger partial charge < -0.3 is 4.74 Å².